The summed E-state index contributed by atoms with van der Waals surface area (Å²) < 4.78 is 44.2. The number of hydrogen-bond acceptors (Lipinski definition) is 6. The van der Waals surface area contributed by atoms with Gasteiger partial charge >= 0.3 is 11.9 Å². The predicted molar refractivity (Wildman–Crippen MR) is 120 cm³/mol. The molecule has 0 radical (unpaired) electrons. The Morgan fingerprint density at radius 1 is 1.06 bits per heavy atom. The second kappa shape index (κ2) is 9.59. The highest BCUT2D eigenvalue weighted by atomic mass is 32.1. The number of hydrogen-bond donors (Lipinski definition) is 0. The van der Waals surface area contributed by atoms with Crippen LogP contribution in [-0.4, -0.2) is 44.7 Å². The van der Waals surface area contributed by atoms with E-state index in [2.05, 4.69) is 0 Å². The van der Waals surface area contributed by atoms with Gasteiger partial charge in [-0.25, -0.2) is 0 Å². The third kappa shape index (κ3) is 4.91. The number of carbonyl (C=O) groups excluding carboxylic acids is 2. The van der Waals surface area contributed by atoms with Crippen LogP contribution in [0.2, 0.25) is 0 Å². The number of nitro benzene ring substituents is 1. The van der Waals surface area contributed by atoms with E-state index in [1.807, 2.05) is 0 Å². The zero-order valence-corrected chi connectivity index (χ0v) is 18.8. The minimum atomic E-state index is -4.75. The molecule has 34 heavy (non-hydrogen) atoms. The maximum atomic E-state index is 12.9. The summed E-state index contributed by atoms with van der Waals surface area (Å²) in [4.78, 5) is 38.4. The molecule has 0 saturated carbocycles. The molecule has 8 nitrogen and oxygen atoms in total. The van der Waals surface area contributed by atoms with Gasteiger partial charge in [-0.05, 0) is 62.0 Å². The Morgan fingerprint density at radius 3 is 2.21 bits per heavy atom. The zero-order chi connectivity index (χ0) is 25.2. The molecule has 0 atom stereocenters. The minimum Gasteiger partial charge on any atom is -0.450 e. The van der Waals surface area contributed by atoms with Crippen LogP contribution in [0, 0.1) is 10.1 Å². The third-order valence-corrected chi connectivity index (χ3v) is 5.37. The van der Waals surface area contributed by atoms with Crippen LogP contribution in [0.4, 0.5) is 18.9 Å². The van der Waals surface area contributed by atoms with Crippen LogP contribution < -0.4 is 4.74 Å². The predicted octanol–water partition coefficient (Wildman–Crippen LogP) is 4.78. The fourth-order valence-corrected chi connectivity index (χ4v) is 3.69. The van der Waals surface area contributed by atoms with Gasteiger partial charge in [-0.3, -0.25) is 29.5 Å². The van der Waals surface area contributed by atoms with Crippen LogP contribution in [0.3, 0.4) is 0 Å². The first-order valence-electron chi connectivity index (χ1n) is 10.0. The Morgan fingerprint density at radius 2 is 1.68 bits per heavy atom. The van der Waals surface area contributed by atoms with E-state index in [0.29, 0.717) is 17.7 Å². The molecular weight excluding hydrogens is 475 g/mol. The van der Waals surface area contributed by atoms with Crippen molar-refractivity contribution in [3.8, 4) is 11.5 Å². The van der Waals surface area contributed by atoms with E-state index >= 15 is 0 Å². The summed E-state index contributed by atoms with van der Waals surface area (Å²) in [6.07, 6.45) is -3.42. The molecule has 0 bridgehead atoms. The van der Waals surface area contributed by atoms with Gasteiger partial charge in [0.25, 0.3) is 11.8 Å². The van der Waals surface area contributed by atoms with E-state index in [9.17, 15) is 32.9 Å². The van der Waals surface area contributed by atoms with Gasteiger partial charge in [0.05, 0.1) is 10.5 Å². The van der Waals surface area contributed by atoms with Gasteiger partial charge < -0.3 is 4.74 Å². The highest BCUT2D eigenvalue weighted by Gasteiger charge is 2.38. The van der Waals surface area contributed by atoms with Gasteiger partial charge in [-0.15, -0.1) is 0 Å². The van der Waals surface area contributed by atoms with Crippen molar-refractivity contribution in [1.29, 1.82) is 0 Å². The molecule has 0 unspecified atom stereocenters. The molecule has 1 heterocycles. The fourth-order valence-electron chi connectivity index (χ4n) is 3.27. The van der Waals surface area contributed by atoms with Crippen molar-refractivity contribution >= 4 is 40.9 Å². The molecule has 0 aliphatic carbocycles. The molecular formula is C22H18F3N3O5S. The summed E-state index contributed by atoms with van der Waals surface area (Å²) in [6.45, 7) is 3.97. The lowest BCUT2D eigenvalue weighted by Gasteiger charge is -2.35. The number of carbonyl (C=O) groups is 2. The Kier molecular flexibility index (Phi) is 7.01. The number of ether oxygens (including phenoxy) is 1. The number of nitrogens with zero attached hydrogens (tertiary/aromatic N) is 3. The van der Waals surface area contributed by atoms with E-state index in [1.165, 1.54) is 34.1 Å². The number of rotatable bonds is 6. The van der Waals surface area contributed by atoms with Crippen LogP contribution in [-0.2, 0) is 15.8 Å². The summed E-state index contributed by atoms with van der Waals surface area (Å²) in [7, 11) is 0. The molecule has 1 saturated heterocycles. The van der Waals surface area contributed by atoms with E-state index in [1.54, 1.807) is 19.9 Å². The average molecular weight is 493 g/mol. The van der Waals surface area contributed by atoms with Gasteiger partial charge in [0.2, 0.25) is 5.75 Å². The molecule has 12 heteroatoms. The van der Waals surface area contributed by atoms with Crippen LogP contribution in [0.25, 0.3) is 6.08 Å². The smallest absolute Gasteiger partial charge is 0.416 e. The maximum absolute atomic E-state index is 12.9. The summed E-state index contributed by atoms with van der Waals surface area (Å²) >= 11 is 5.22. The summed E-state index contributed by atoms with van der Waals surface area (Å²) in [5.41, 5.74) is -1.81. The van der Waals surface area contributed by atoms with E-state index in [0.717, 1.165) is 6.07 Å². The molecule has 2 amide bonds. The lowest BCUT2D eigenvalue weighted by molar-refractivity contribution is -0.385. The molecule has 1 aliphatic heterocycles. The number of thiocarbonyl (C=S) groups is 1. The number of benzene rings is 2. The first-order valence-corrected chi connectivity index (χ1v) is 10.4. The molecule has 1 fully saturated rings. The van der Waals surface area contributed by atoms with E-state index in [-0.39, 0.29) is 29.5 Å². The Hall–Kier alpha value is -3.80. The topological polar surface area (TPSA) is 93.0 Å². The van der Waals surface area contributed by atoms with Gasteiger partial charge in [-0.1, -0.05) is 12.1 Å². The maximum Gasteiger partial charge on any atom is 0.416 e. The van der Waals surface area contributed by atoms with Gasteiger partial charge in [0.15, 0.2) is 5.11 Å². The van der Waals surface area contributed by atoms with Crippen molar-refractivity contribution < 1.29 is 32.4 Å². The minimum absolute atomic E-state index is 0.0585. The lowest BCUT2D eigenvalue weighted by Crippen LogP contribution is -2.55. The second-order valence-corrected chi connectivity index (χ2v) is 7.42. The molecule has 0 aromatic heterocycles. The highest BCUT2D eigenvalue weighted by molar-refractivity contribution is 7.80. The largest absolute Gasteiger partial charge is 0.450 e. The molecule has 2 aromatic rings. The highest BCUT2D eigenvalue weighted by Crippen LogP contribution is 2.38. The normalized spacial score (nSPS) is 14.5. The molecule has 0 spiro atoms. The quantitative estimate of drug-likeness (QED) is 0.189. The Balaban J connectivity index is 1.96. The average Bonchev–Trinajstić information content (AvgIpc) is 2.77. The molecule has 178 valence electrons. The third-order valence-electron chi connectivity index (χ3n) is 4.93. The van der Waals surface area contributed by atoms with Gasteiger partial charge in [0, 0.05) is 19.2 Å². The lowest BCUT2D eigenvalue weighted by atomic mass is 10.1. The standard InChI is InChI=1S/C22H18F3N3O5S/c1-3-26-19(29)16(20(30)27(4-2)21(26)34)11-13-6-5-7-15(10-13)33-18-9-8-14(22(23,24)25)12-17(18)28(31)32/h5-12H,3-4H2,1-2H3. The zero-order valence-electron chi connectivity index (χ0n) is 18.0. The molecule has 2 aromatic carbocycles. The van der Waals surface area contributed by atoms with Crippen LogP contribution in [0.1, 0.15) is 25.0 Å². The monoisotopic (exact) mass is 493 g/mol. The van der Waals surface area contributed by atoms with Crippen molar-refractivity contribution in [3.63, 3.8) is 0 Å². The molecule has 0 N–H and O–H groups in total. The van der Waals surface area contributed by atoms with E-state index in [4.69, 9.17) is 17.0 Å². The molecule has 1 aliphatic rings. The van der Waals surface area contributed by atoms with Crippen LogP contribution >= 0.6 is 12.2 Å². The van der Waals surface area contributed by atoms with Crippen molar-refractivity contribution in [2.45, 2.75) is 20.0 Å². The Bertz CT molecular complexity index is 1180. The number of halogens is 3. The van der Waals surface area contributed by atoms with Crippen LogP contribution in [0.5, 0.6) is 11.5 Å². The Labute approximate surface area is 197 Å². The molecule has 3 rings (SSSR count). The van der Waals surface area contributed by atoms with Crippen molar-refractivity contribution in [1.82, 2.24) is 9.80 Å². The number of amides is 2. The van der Waals surface area contributed by atoms with Crippen molar-refractivity contribution in [3.05, 3.63) is 69.3 Å². The van der Waals surface area contributed by atoms with Gasteiger partial charge in [-0.2, -0.15) is 13.2 Å². The summed E-state index contributed by atoms with van der Waals surface area (Å²) in [5, 5.41) is 11.4. The second-order valence-electron chi connectivity index (χ2n) is 7.05. The number of alkyl halides is 3. The van der Waals surface area contributed by atoms with Gasteiger partial charge in [0.1, 0.15) is 11.3 Å². The SMILES string of the molecule is CCN1C(=O)C(=Cc2cccc(Oc3ccc(C(F)(F)F)cc3[N+](=O)[O-])c2)C(=O)N(CC)C1=S. The first kappa shape index (κ1) is 24.8. The summed E-state index contributed by atoms with van der Waals surface area (Å²) in [6, 6.07) is 7.83. The fraction of sp³-hybridized carbons (Fsp3) is 0.227. The van der Waals surface area contributed by atoms with Crippen molar-refractivity contribution in [2.24, 2.45) is 0 Å². The van der Waals surface area contributed by atoms with Crippen molar-refractivity contribution in [2.75, 3.05) is 13.1 Å². The van der Waals surface area contributed by atoms with E-state index < -0.39 is 39.9 Å². The first-order chi connectivity index (χ1) is 16.0. The summed E-state index contributed by atoms with van der Waals surface area (Å²) in [5.74, 6) is -1.46. The van der Waals surface area contributed by atoms with Crippen LogP contribution in [0.15, 0.2) is 48.0 Å². The number of likely N-dealkylation sites (N-methyl/N-ethyl adjacent to an activating group) is 2. The number of nitro groups is 1.